The Kier molecular flexibility index (Phi) is 7.99. The van der Waals surface area contributed by atoms with Crippen LogP contribution in [0.5, 0.6) is 0 Å². The van der Waals surface area contributed by atoms with Crippen molar-refractivity contribution in [3.8, 4) is 0 Å². The number of fused-ring (bicyclic) bond motifs is 1. The van der Waals surface area contributed by atoms with Gasteiger partial charge in [-0.05, 0) is 65.7 Å². The number of aliphatic hydroxyl groups excluding tert-OH is 6. The fraction of sp³-hybridized carbons (Fsp3) is 0.391. The van der Waals surface area contributed by atoms with E-state index in [1.54, 1.807) is 18.2 Å². The molecule has 2 aliphatic rings. The van der Waals surface area contributed by atoms with Gasteiger partial charge in [0.25, 0.3) is 0 Å². The molecule has 168 valence electrons. The Morgan fingerprint density at radius 1 is 1.03 bits per heavy atom. The van der Waals surface area contributed by atoms with Gasteiger partial charge in [-0.1, -0.05) is 47.5 Å². The number of hydrogen-bond donors (Lipinski definition) is 6. The molecule has 0 amide bonds. The van der Waals surface area contributed by atoms with Crippen molar-refractivity contribution >= 4 is 29.3 Å². The van der Waals surface area contributed by atoms with Crippen LogP contribution in [-0.4, -0.2) is 61.7 Å². The van der Waals surface area contributed by atoms with Crippen molar-refractivity contribution in [2.75, 3.05) is 6.61 Å². The molecule has 0 unspecified atom stereocenters. The summed E-state index contributed by atoms with van der Waals surface area (Å²) >= 11 is 12.1. The van der Waals surface area contributed by atoms with E-state index in [0.29, 0.717) is 22.0 Å². The number of allylic oxidation sites excluding steroid dienone is 6. The Hall–Kier alpha value is -1.64. The second-order valence-corrected chi connectivity index (χ2v) is 8.59. The number of aliphatic hydroxyl groups is 6. The fourth-order valence-electron chi connectivity index (χ4n) is 3.84. The summed E-state index contributed by atoms with van der Waals surface area (Å²) in [5, 5.41) is 59.9. The molecular formula is C23H26Cl2O6. The smallest absolute Gasteiger partial charge is 0.139 e. The first-order valence-corrected chi connectivity index (χ1v) is 10.8. The Bertz CT molecular complexity index is 949. The Morgan fingerprint density at radius 3 is 2.45 bits per heavy atom. The van der Waals surface area contributed by atoms with Crippen LogP contribution in [0.25, 0.3) is 6.08 Å². The first-order valence-electron chi connectivity index (χ1n) is 10.0. The van der Waals surface area contributed by atoms with E-state index in [1.165, 1.54) is 0 Å². The maximum absolute atomic E-state index is 10.5. The largest absolute Gasteiger partial charge is 0.509 e. The molecule has 31 heavy (non-hydrogen) atoms. The van der Waals surface area contributed by atoms with E-state index in [9.17, 15) is 25.5 Å². The van der Waals surface area contributed by atoms with Crippen LogP contribution in [0.2, 0.25) is 10.0 Å². The molecule has 8 heteroatoms. The van der Waals surface area contributed by atoms with Crippen LogP contribution < -0.4 is 0 Å². The average Bonchev–Trinajstić information content (AvgIpc) is 2.78. The molecule has 0 aromatic heterocycles. The first-order chi connectivity index (χ1) is 14.7. The minimum Gasteiger partial charge on any atom is -0.509 e. The van der Waals surface area contributed by atoms with Crippen molar-refractivity contribution in [3.63, 3.8) is 0 Å². The highest BCUT2D eigenvalue weighted by molar-refractivity contribution is 6.42. The second kappa shape index (κ2) is 10.3. The van der Waals surface area contributed by atoms with Crippen molar-refractivity contribution in [1.82, 2.24) is 0 Å². The maximum Gasteiger partial charge on any atom is 0.139 e. The Labute approximate surface area is 190 Å². The van der Waals surface area contributed by atoms with E-state index < -0.39 is 36.8 Å². The second-order valence-electron chi connectivity index (χ2n) is 7.77. The van der Waals surface area contributed by atoms with E-state index in [2.05, 4.69) is 6.08 Å². The molecule has 0 radical (unpaired) electrons. The van der Waals surface area contributed by atoms with Crippen LogP contribution in [0.4, 0.5) is 0 Å². The number of hydrogen-bond acceptors (Lipinski definition) is 6. The summed E-state index contributed by atoms with van der Waals surface area (Å²) in [6.07, 6.45) is 1.64. The zero-order chi connectivity index (χ0) is 22.7. The van der Waals surface area contributed by atoms with E-state index in [-0.39, 0.29) is 0 Å². The first kappa shape index (κ1) is 24.0. The van der Waals surface area contributed by atoms with Gasteiger partial charge < -0.3 is 30.6 Å². The molecular weight excluding hydrogens is 443 g/mol. The third-order valence-electron chi connectivity index (χ3n) is 5.61. The molecule has 1 aromatic rings. The van der Waals surface area contributed by atoms with E-state index in [4.69, 9.17) is 28.3 Å². The lowest BCUT2D eigenvalue weighted by Crippen LogP contribution is -2.46. The molecule has 0 bridgehead atoms. The highest BCUT2D eigenvalue weighted by atomic mass is 35.5. The third-order valence-corrected chi connectivity index (χ3v) is 6.35. The molecule has 6 nitrogen and oxygen atoms in total. The van der Waals surface area contributed by atoms with Gasteiger partial charge in [0.2, 0.25) is 0 Å². The zero-order valence-electron chi connectivity index (χ0n) is 16.7. The van der Waals surface area contributed by atoms with Gasteiger partial charge in [-0.3, -0.25) is 0 Å². The predicted octanol–water partition coefficient (Wildman–Crippen LogP) is 3.07. The van der Waals surface area contributed by atoms with Gasteiger partial charge in [0.1, 0.15) is 30.2 Å². The predicted molar refractivity (Wildman–Crippen MR) is 120 cm³/mol. The minimum atomic E-state index is -1.85. The van der Waals surface area contributed by atoms with Crippen molar-refractivity contribution in [2.45, 2.75) is 50.1 Å². The minimum absolute atomic E-state index is 0.325. The maximum atomic E-state index is 10.5. The molecule has 1 fully saturated rings. The van der Waals surface area contributed by atoms with E-state index in [1.807, 2.05) is 12.1 Å². The number of halogens is 2. The standard InChI is InChI=1S/C23H26Cl2O6/c24-17-7-4-12(9-18(17)25)8-13-2-1-3-14-10-15(5-6-16(13)14)20(28)22(30)23(31)21(29)19(27)11-26/h4,6-10,19,21-23,26-31H,1-3,5,11H2/t19-,21-,22+,23+/m1/s1. The summed E-state index contributed by atoms with van der Waals surface area (Å²) in [6, 6.07) is 5.45. The van der Waals surface area contributed by atoms with Crippen molar-refractivity contribution < 1.29 is 30.6 Å². The van der Waals surface area contributed by atoms with E-state index >= 15 is 0 Å². The summed E-state index contributed by atoms with van der Waals surface area (Å²) in [5.41, 5.74) is 4.57. The summed E-state index contributed by atoms with van der Waals surface area (Å²) in [7, 11) is 0. The molecule has 6 N–H and O–H groups in total. The number of benzene rings is 1. The molecule has 2 aliphatic carbocycles. The molecule has 0 saturated heterocycles. The highest BCUT2D eigenvalue weighted by Gasteiger charge is 2.33. The lowest BCUT2D eigenvalue weighted by molar-refractivity contribution is -0.113. The topological polar surface area (TPSA) is 121 Å². The fourth-order valence-corrected chi connectivity index (χ4v) is 4.15. The van der Waals surface area contributed by atoms with Crippen LogP contribution in [-0.2, 0) is 0 Å². The van der Waals surface area contributed by atoms with Gasteiger partial charge in [0, 0.05) is 0 Å². The van der Waals surface area contributed by atoms with Crippen LogP contribution in [0.15, 0.2) is 58.4 Å². The molecule has 1 saturated carbocycles. The number of rotatable bonds is 6. The summed E-state index contributed by atoms with van der Waals surface area (Å²) in [4.78, 5) is 0. The molecule has 0 spiro atoms. The molecule has 0 heterocycles. The van der Waals surface area contributed by atoms with Crippen molar-refractivity contribution in [2.24, 2.45) is 0 Å². The third kappa shape index (κ3) is 5.41. The van der Waals surface area contributed by atoms with Crippen LogP contribution in [0.1, 0.15) is 31.2 Å². The van der Waals surface area contributed by atoms with Gasteiger partial charge in [0.15, 0.2) is 0 Å². The SMILES string of the molecule is OC[C@@H](O)[C@@H](O)[C@H](O)[C@@H](O)C(O)=C1C=C2CCCC(=Cc3ccc(Cl)c(Cl)c3)C2=CC1. The summed E-state index contributed by atoms with van der Waals surface area (Å²) < 4.78 is 0. The summed E-state index contributed by atoms with van der Waals surface area (Å²) in [5.74, 6) is -0.472. The molecule has 3 rings (SSSR count). The molecule has 4 atom stereocenters. The van der Waals surface area contributed by atoms with Gasteiger partial charge in [-0.2, -0.15) is 0 Å². The van der Waals surface area contributed by atoms with Gasteiger partial charge in [-0.15, -0.1) is 0 Å². The van der Waals surface area contributed by atoms with Crippen LogP contribution in [0.3, 0.4) is 0 Å². The average molecular weight is 469 g/mol. The van der Waals surface area contributed by atoms with Gasteiger partial charge in [-0.25, -0.2) is 0 Å². The Balaban J connectivity index is 1.83. The highest BCUT2D eigenvalue weighted by Crippen LogP contribution is 2.39. The lowest BCUT2D eigenvalue weighted by atomic mass is 9.79. The molecule has 1 aromatic carbocycles. The van der Waals surface area contributed by atoms with Gasteiger partial charge in [0.05, 0.1) is 16.7 Å². The van der Waals surface area contributed by atoms with Crippen molar-refractivity contribution in [3.05, 3.63) is 74.0 Å². The van der Waals surface area contributed by atoms with Gasteiger partial charge >= 0.3 is 0 Å². The van der Waals surface area contributed by atoms with Crippen LogP contribution in [0, 0.1) is 0 Å². The van der Waals surface area contributed by atoms with Crippen LogP contribution >= 0.6 is 23.2 Å². The molecule has 0 aliphatic heterocycles. The monoisotopic (exact) mass is 468 g/mol. The Morgan fingerprint density at radius 2 is 1.77 bits per heavy atom. The quantitative estimate of drug-likeness (QED) is 0.356. The van der Waals surface area contributed by atoms with Crippen molar-refractivity contribution in [1.29, 1.82) is 0 Å². The lowest BCUT2D eigenvalue weighted by Gasteiger charge is -2.28. The summed E-state index contributed by atoms with van der Waals surface area (Å²) in [6.45, 7) is -0.785. The van der Waals surface area contributed by atoms with E-state index in [0.717, 1.165) is 41.5 Å². The normalized spacial score (nSPS) is 23.4. The zero-order valence-corrected chi connectivity index (χ0v) is 18.3.